The second-order valence-corrected chi connectivity index (χ2v) is 3.98. The van der Waals surface area contributed by atoms with Crippen LogP contribution in [-0.4, -0.2) is 19.7 Å². The van der Waals surface area contributed by atoms with Crippen LogP contribution in [0.2, 0.25) is 0 Å². The van der Waals surface area contributed by atoms with Gasteiger partial charge < -0.3 is 14.5 Å². The molecular weight excluding hydrogens is 228 g/mol. The molecule has 1 fully saturated rings. The number of morpholine rings is 1. The van der Waals surface area contributed by atoms with Crippen molar-refractivity contribution in [1.29, 1.82) is 0 Å². The first-order chi connectivity index (χ1) is 8.27. The largest absolute Gasteiger partial charge is 0.464 e. The molecule has 1 saturated heterocycles. The summed E-state index contributed by atoms with van der Waals surface area (Å²) < 4.78 is 38.3. The smallest absolute Gasteiger partial charge is 0.143 e. The molecule has 3 rings (SSSR count). The summed E-state index contributed by atoms with van der Waals surface area (Å²) in [7, 11) is 0. The molecule has 90 valence electrons. The minimum Gasteiger partial charge on any atom is -0.464 e. The highest BCUT2D eigenvalue weighted by molar-refractivity contribution is 5.79. The first-order valence-corrected chi connectivity index (χ1v) is 5.45. The van der Waals surface area contributed by atoms with Gasteiger partial charge in [0.25, 0.3) is 0 Å². The van der Waals surface area contributed by atoms with E-state index in [0.717, 1.165) is 0 Å². The summed E-state index contributed by atoms with van der Waals surface area (Å²) >= 11 is 0. The van der Waals surface area contributed by atoms with Crippen molar-refractivity contribution in [1.82, 2.24) is 5.32 Å². The van der Waals surface area contributed by atoms with Crippen molar-refractivity contribution in [2.45, 2.75) is 6.10 Å². The maximum absolute atomic E-state index is 14.1. The van der Waals surface area contributed by atoms with Crippen molar-refractivity contribution < 1.29 is 17.9 Å². The summed E-state index contributed by atoms with van der Waals surface area (Å²) in [5.74, 6) is -1.22. The number of hydrogen-bond donors (Lipinski definition) is 1. The molecule has 0 spiro atoms. The lowest BCUT2D eigenvalue weighted by molar-refractivity contribution is 0.0234. The molecule has 0 amide bonds. The molecule has 1 N–H and O–H groups in total. The zero-order valence-corrected chi connectivity index (χ0v) is 9.00. The predicted octanol–water partition coefficient (Wildman–Crippen LogP) is 2.37. The van der Waals surface area contributed by atoms with Crippen molar-refractivity contribution >= 4 is 11.0 Å². The maximum Gasteiger partial charge on any atom is 0.143 e. The third kappa shape index (κ3) is 1.71. The molecule has 0 bridgehead atoms. The van der Waals surface area contributed by atoms with Crippen molar-refractivity contribution in [3.8, 4) is 0 Å². The van der Waals surface area contributed by atoms with Crippen molar-refractivity contribution in [3.05, 3.63) is 35.6 Å². The van der Waals surface area contributed by atoms with E-state index >= 15 is 0 Å². The second kappa shape index (κ2) is 4.09. The van der Waals surface area contributed by atoms with Crippen LogP contribution < -0.4 is 5.32 Å². The van der Waals surface area contributed by atoms with Crippen LogP contribution in [0.4, 0.5) is 8.78 Å². The molecule has 0 radical (unpaired) electrons. The fourth-order valence-electron chi connectivity index (χ4n) is 2.10. The van der Waals surface area contributed by atoms with E-state index in [-0.39, 0.29) is 16.5 Å². The van der Waals surface area contributed by atoms with Crippen LogP contribution in [0.5, 0.6) is 0 Å². The third-order valence-corrected chi connectivity index (χ3v) is 2.93. The zero-order valence-electron chi connectivity index (χ0n) is 9.00. The second-order valence-electron chi connectivity index (χ2n) is 3.98. The van der Waals surface area contributed by atoms with Gasteiger partial charge in [-0.05, 0) is 6.07 Å². The molecule has 3 nitrogen and oxygen atoms in total. The highest BCUT2D eigenvalue weighted by atomic mass is 19.1. The molecule has 0 saturated carbocycles. The lowest BCUT2D eigenvalue weighted by Gasteiger charge is -2.24. The monoisotopic (exact) mass is 239 g/mol. The standard InChI is InChI=1S/C12H11F2NO2/c13-8-5-9-7(1-3-16-9)12(14)11(8)10-6-15-2-4-17-10/h1,3,5,10,15H,2,4,6H2. The summed E-state index contributed by atoms with van der Waals surface area (Å²) in [4.78, 5) is 0. The Kier molecular flexibility index (Phi) is 2.57. The Balaban J connectivity index is 2.13. The zero-order chi connectivity index (χ0) is 11.8. The highest BCUT2D eigenvalue weighted by Gasteiger charge is 2.25. The number of fused-ring (bicyclic) bond motifs is 1. The first kappa shape index (κ1) is 10.7. The van der Waals surface area contributed by atoms with Gasteiger partial charge in [0, 0.05) is 19.2 Å². The number of ether oxygens (including phenoxy) is 1. The summed E-state index contributed by atoms with van der Waals surface area (Å²) in [6.45, 7) is 1.57. The van der Waals surface area contributed by atoms with Gasteiger partial charge in [0.05, 0.1) is 23.8 Å². The maximum atomic E-state index is 14.1. The van der Waals surface area contributed by atoms with Crippen LogP contribution in [0, 0.1) is 11.6 Å². The van der Waals surface area contributed by atoms with Crippen LogP contribution in [0.15, 0.2) is 22.8 Å². The minimum absolute atomic E-state index is 0.0221. The van der Waals surface area contributed by atoms with E-state index in [9.17, 15) is 8.78 Å². The molecule has 2 heterocycles. The van der Waals surface area contributed by atoms with Gasteiger partial charge in [0.1, 0.15) is 23.3 Å². The average Bonchev–Trinajstić information content (AvgIpc) is 2.78. The molecule has 0 aliphatic carbocycles. The highest BCUT2D eigenvalue weighted by Crippen LogP contribution is 2.31. The van der Waals surface area contributed by atoms with Gasteiger partial charge in [-0.25, -0.2) is 8.78 Å². The molecule has 5 heteroatoms. The number of hydrogen-bond acceptors (Lipinski definition) is 3. The molecule has 1 aromatic heterocycles. The average molecular weight is 239 g/mol. The van der Waals surface area contributed by atoms with E-state index in [1.807, 2.05) is 0 Å². The van der Waals surface area contributed by atoms with Gasteiger partial charge in [0.15, 0.2) is 0 Å². The summed E-state index contributed by atoms with van der Waals surface area (Å²) in [6, 6.07) is 2.69. The normalized spacial score (nSPS) is 20.9. The molecule has 2 aromatic rings. The fraction of sp³-hybridized carbons (Fsp3) is 0.333. The molecule has 17 heavy (non-hydrogen) atoms. The van der Waals surface area contributed by atoms with Gasteiger partial charge in [-0.1, -0.05) is 0 Å². The van der Waals surface area contributed by atoms with Crippen molar-refractivity contribution in [3.63, 3.8) is 0 Å². The van der Waals surface area contributed by atoms with E-state index in [1.54, 1.807) is 0 Å². The predicted molar refractivity (Wildman–Crippen MR) is 57.7 cm³/mol. The molecule has 1 aliphatic heterocycles. The third-order valence-electron chi connectivity index (χ3n) is 2.93. The van der Waals surface area contributed by atoms with Gasteiger partial charge >= 0.3 is 0 Å². The Hall–Kier alpha value is -1.46. The number of benzene rings is 1. The molecule has 1 aromatic carbocycles. The number of halogens is 2. The van der Waals surface area contributed by atoms with Crippen molar-refractivity contribution in [2.24, 2.45) is 0 Å². The van der Waals surface area contributed by atoms with E-state index in [2.05, 4.69) is 5.32 Å². The Morgan fingerprint density at radius 1 is 1.35 bits per heavy atom. The van der Waals surface area contributed by atoms with E-state index in [1.165, 1.54) is 18.4 Å². The minimum atomic E-state index is -0.626. The summed E-state index contributed by atoms with van der Waals surface area (Å²) in [5, 5.41) is 3.34. The van der Waals surface area contributed by atoms with Crippen LogP contribution in [0.25, 0.3) is 11.0 Å². The summed E-state index contributed by atoms with van der Waals surface area (Å²) in [6.07, 6.45) is 0.764. The van der Waals surface area contributed by atoms with Crippen LogP contribution in [0.3, 0.4) is 0 Å². The lowest BCUT2D eigenvalue weighted by atomic mass is 10.0. The van der Waals surface area contributed by atoms with Crippen LogP contribution in [0.1, 0.15) is 11.7 Å². The Morgan fingerprint density at radius 2 is 2.24 bits per heavy atom. The molecule has 1 aliphatic rings. The Morgan fingerprint density at radius 3 is 3.00 bits per heavy atom. The van der Waals surface area contributed by atoms with Gasteiger partial charge in [-0.2, -0.15) is 0 Å². The number of rotatable bonds is 1. The first-order valence-electron chi connectivity index (χ1n) is 5.45. The molecule has 1 atom stereocenters. The van der Waals surface area contributed by atoms with Gasteiger partial charge in [-0.15, -0.1) is 0 Å². The Bertz CT molecular complexity index is 547. The van der Waals surface area contributed by atoms with Gasteiger partial charge in [0.2, 0.25) is 0 Å². The quantitative estimate of drug-likeness (QED) is 0.829. The number of furan rings is 1. The number of nitrogens with one attached hydrogen (secondary N) is 1. The van der Waals surface area contributed by atoms with E-state index in [0.29, 0.717) is 19.7 Å². The van der Waals surface area contributed by atoms with Gasteiger partial charge in [-0.3, -0.25) is 0 Å². The molecular formula is C12H11F2NO2. The van der Waals surface area contributed by atoms with E-state index in [4.69, 9.17) is 9.15 Å². The fourth-order valence-corrected chi connectivity index (χ4v) is 2.10. The van der Waals surface area contributed by atoms with E-state index < -0.39 is 17.7 Å². The Labute approximate surface area is 96.4 Å². The van der Waals surface area contributed by atoms with Crippen LogP contribution >= 0.6 is 0 Å². The van der Waals surface area contributed by atoms with Crippen molar-refractivity contribution in [2.75, 3.05) is 19.7 Å². The lowest BCUT2D eigenvalue weighted by Crippen LogP contribution is -2.34. The summed E-state index contributed by atoms with van der Waals surface area (Å²) in [5.41, 5.74) is 0.193. The SMILES string of the molecule is Fc1cc2occc2c(F)c1C1CNCCO1. The van der Waals surface area contributed by atoms with Crippen LogP contribution in [-0.2, 0) is 4.74 Å². The topological polar surface area (TPSA) is 34.4 Å². The molecule has 1 unspecified atom stereocenters.